The van der Waals surface area contributed by atoms with Crippen LogP contribution in [-0.4, -0.2) is 20.9 Å². The molecule has 110 valence electrons. The van der Waals surface area contributed by atoms with Gasteiger partial charge in [0.25, 0.3) is 5.56 Å². The van der Waals surface area contributed by atoms with Crippen LogP contribution in [0.25, 0.3) is 0 Å². The standard InChI is InChI=1S/C15H19N5O/c1-8-6-10(3)13(7-9(8)2)11(4)17-19-15-16-14(21)12(5)18-20-15/h6-7H,1-5H3,(H2,16,19,20,21)/b17-11-. The fourth-order valence-corrected chi connectivity index (χ4v) is 1.99. The highest BCUT2D eigenvalue weighted by Gasteiger charge is 2.05. The van der Waals surface area contributed by atoms with Gasteiger partial charge in [-0.25, -0.2) is 5.43 Å². The van der Waals surface area contributed by atoms with Gasteiger partial charge in [-0.05, 0) is 57.4 Å². The second kappa shape index (κ2) is 5.87. The van der Waals surface area contributed by atoms with Crippen LogP contribution in [0.1, 0.15) is 34.9 Å². The smallest absolute Gasteiger partial charge is 0.274 e. The van der Waals surface area contributed by atoms with Crippen LogP contribution in [0.3, 0.4) is 0 Å². The summed E-state index contributed by atoms with van der Waals surface area (Å²) in [6, 6.07) is 4.24. The molecule has 6 heteroatoms. The molecule has 0 aliphatic rings. The Morgan fingerprint density at radius 1 is 1.10 bits per heavy atom. The maximum Gasteiger partial charge on any atom is 0.274 e. The van der Waals surface area contributed by atoms with E-state index >= 15 is 0 Å². The zero-order valence-electron chi connectivity index (χ0n) is 12.9. The third-order valence-electron chi connectivity index (χ3n) is 3.42. The second-order valence-electron chi connectivity index (χ2n) is 5.15. The van der Waals surface area contributed by atoms with E-state index in [1.54, 1.807) is 6.92 Å². The van der Waals surface area contributed by atoms with Crippen LogP contribution in [-0.2, 0) is 0 Å². The summed E-state index contributed by atoms with van der Waals surface area (Å²) in [5.41, 5.74) is 8.29. The van der Waals surface area contributed by atoms with E-state index in [1.807, 2.05) is 13.8 Å². The molecule has 2 aromatic rings. The quantitative estimate of drug-likeness (QED) is 0.669. The SMILES string of the molecule is C/C(=N/Nc1nnc(C)c(=O)[nH]1)c1cc(C)c(C)cc1C. The Morgan fingerprint density at radius 2 is 1.76 bits per heavy atom. The molecule has 1 heterocycles. The van der Waals surface area contributed by atoms with Crippen LogP contribution in [0.5, 0.6) is 0 Å². The average molecular weight is 285 g/mol. The first-order chi connectivity index (χ1) is 9.88. The summed E-state index contributed by atoms with van der Waals surface area (Å²) in [6.45, 7) is 9.71. The summed E-state index contributed by atoms with van der Waals surface area (Å²) in [7, 11) is 0. The van der Waals surface area contributed by atoms with Gasteiger partial charge < -0.3 is 0 Å². The highest BCUT2D eigenvalue weighted by atomic mass is 16.1. The number of H-pyrrole nitrogens is 1. The number of aromatic amines is 1. The van der Waals surface area contributed by atoms with Gasteiger partial charge in [0.2, 0.25) is 5.95 Å². The van der Waals surface area contributed by atoms with Gasteiger partial charge in [-0.15, -0.1) is 10.2 Å². The molecule has 0 fully saturated rings. The van der Waals surface area contributed by atoms with E-state index in [0.29, 0.717) is 5.69 Å². The van der Waals surface area contributed by atoms with Crippen LogP contribution in [0.15, 0.2) is 22.0 Å². The lowest BCUT2D eigenvalue weighted by Crippen LogP contribution is -2.16. The van der Waals surface area contributed by atoms with Gasteiger partial charge in [-0.1, -0.05) is 6.07 Å². The van der Waals surface area contributed by atoms with Crippen molar-refractivity contribution in [1.82, 2.24) is 15.2 Å². The number of nitrogens with zero attached hydrogens (tertiary/aromatic N) is 3. The summed E-state index contributed by atoms with van der Waals surface area (Å²) >= 11 is 0. The molecular formula is C15H19N5O. The first-order valence-corrected chi connectivity index (χ1v) is 6.70. The molecule has 6 nitrogen and oxygen atoms in total. The zero-order chi connectivity index (χ0) is 15.6. The van der Waals surface area contributed by atoms with E-state index in [1.165, 1.54) is 11.1 Å². The molecule has 1 aromatic heterocycles. The number of benzene rings is 1. The van der Waals surface area contributed by atoms with Crippen molar-refractivity contribution in [1.29, 1.82) is 0 Å². The molecular weight excluding hydrogens is 266 g/mol. The Kier molecular flexibility index (Phi) is 4.16. The molecule has 0 unspecified atom stereocenters. The molecule has 2 rings (SSSR count). The minimum atomic E-state index is -0.275. The lowest BCUT2D eigenvalue weighted by Gasteiger charge is -2.09. The van der Waals surface area contributed by atoms with E-state index in [4.69, 9.17) is 0 Å². The predicted octanol–water partition coefficient (Wildman–Crippen LogP) is 2.23. The molecule has 0 radical (unpaired) electrons. The molecule has 0 spiro atoms. The summed E-state index contributed by atoms with van der Waals surface area (Å²) < 4.78 is 0. The molecule has 0 atom stereocenters. The number of rotatable bonds is 3. The average Bonchev–Trinajstić information content (AvgIpc) is 2.44. The molecule has 21 heavy (non-hydrogen) atoms. The summed E-state index contributed by atoms with van der Waals surface area (Å²) in [6.07, 6.45) is 0. The second-order valence-corrected chi connectivity index (χ2v) is 5.15. The Labute approximate surface area is 123 Å². The minimum absolute atomic E-state index is 0.228. The maximum absolute atomic E-state index is 11.4. The van der Waals surface area contributed by atoms with Crippen molar-refractivity contribution in [3.8, 4) is 0 Å². The van der Waals surface area contributed by atoms with Crippen molar-refractivity contribution in [2.24, 2.45) is 5.10 Å². The molecule has 2 N–H and O–H groups in total. The molecule has 0 amide bonds. The van der Waals surface area contributed by atoms with Crippen molar-refractivity contribution >= 4 is 11.7 Å². The largest absolute Gasteiger partial charge is 0.288 e. The number of anilines is 1. The topological polar surface area (TPSA) is 83.0 Å². The fraction of sp³-hybridized carbons (Fsp3) is 0.333. The minimum Gasteiger partial charge on any atom is -0.288 e. The van der Waals surface area contributed by atoms with Crippen LogP contribution in [0.2, 0.25) is 0 Å². The fourth-order valence-electron chi connectivity index (χ4n) is 1.99. The van der Waals surface area contributed by atoms with Gasteiger partial charge in [-0.3, -0.25) is 9.78 Å². The van der Waals surface area contributed by atoms with E-state index in [9.17, 15) is 4.79 Å². The lowest BCUT2D eigenvalue weighted by molar-refractivity contribution is 0.897. The van der Waals surface area contributed by atoms with E-state index in [-0.39, 0.29) is 11.5 Å². The van der Waals surface area contributed by atoms with Crippen LogP contribution in [0.4, 0.5) is 5.95 Å². The number of hydrogen-bond acceptors (Lipinski definition) is 5. The molecule has 1 aromatic carbocycles. The summed E-state index contributed by atoms with van der Waals surface area (Å²) in [5.74, 6) is 0.228. The Morgan fingerprint density at radius 3 is 2.43 bits per heavy atom. The molecule has 0 saturated carbocycles. The van der Waals surface area contributed by atoms with Crippen molar-refractivity contribution in [2.75, 3.05) is 5.43 Å². The van der Waals surface area contributed by atoms with Gasteiger partial charge in [0.15, 0.2) is 0 Å². The first-order valence-electron chi connectivity index (χ1n) is 6.70. The van der Waals surface area contributed by atoms with E-state index < -0.39 is 0 Å². The van der Waals surface area contributed by atoms with Crippen molar-refractivity contribution < 1.29 is 0 Å². The molecule has 0 aliphatic carbocycles. The van der Waals surface area contributed by atoms with Crippen LogP contribution >= 0.6 is 0 Å². The number of aryl methyl sites for hydroxylation is 4. The van der Waals surface area contributed by atoms with Crippen LogP contribution < -0.4 is 11.0 Å². The third kappa shape index (κ3) is 3.34. The van der Waals surface area contributed by atoms with Crippen molar-refractivity contribution in [2.45, 2.75) is 34.6 Å². The number of hydrogen-bond donors (Lipinski definition) is 2. The van der Waals surface area contributed by atoms with Gasteiger partial charge in [0.05, 0.1) is 5.71 Å². The molecule has 0 saturated heterocycles. The van der Waals surface area contributed by atoms with Crippen LogP contribution in [0, 0.1) is 27.7 Å². The van der Waals surface area contributed by atoms with E-state index in [0.717, 1.165) is 16.8 Å². The summed E-state index contributed by atoms with van der Waals surface area (Å²) in [5, 5.41) is 11.8. The number of nitrogens with one attached hydrogen (secondary N) is 2. The monoisotopic (exact) mass is 285 g/mol. The highest BCUT2D eigenvalue weighted by molar-refractivity contribution is 6.00. The zero-order valence-corrected chi connectivity index (χ0v) is 12.9. The van der Waals surface area contributed by atoms with Gasteiger partial charge >= 0.3 is 0 Å². The Bertz CT molecular complexity index is 761. The predicted molar refractivity (Wildman–Crippen MR) is 83.9 cm³/mol. The Hall–Kier alpha value is -2.50. The number of aromatic nitrogens is 3. The van der Waals surface area contributed by atoms with E-state index in [2.05, 4.69) is 51.7 Å². The third-order valence-corrected chi connectivity index (χ3v) is 3.42. The van der Waals surface area contributed by atoms with Gasteiger partial charge in [-0.2, -0.15) is 5.10 Å². The van der Waals surface area contributed by atoms with Crippen molar-refractivity contribution in [3.63, 3.8) is 0 Å². The number of hydrazone groups is 1. The normalized spacial score (nSPS) is 11.6. The highest BCUT2D eigenvalue weighted by Crippen LogP contribution is 2.16. The van der Waals surface area contributed by atoms with Crippen molar-refractivity contribution in [3.05, 3.63) is 50.4 Å². The van der Waals surface area contributed by atoms with Gasteiger partial charge in [0.1, 0.15) is 5.69 Å². The Balaban J connectivity index is 2.27. The maximum atomic E-state index is 11.4. The summed E-state index contributed by atoms with van der Waals surface area (Å²) in [4.78, 5) is 14.0. The molecule has 0 bridgehead atoms. The lowest BCUT2D eigenvalue weighted by atomic mass is 9.98. The van der Waals surface area contributed by atoms with Gasteiger partial charge in [0, 0.05) is 5.56 Å². The molecule has 0 aliphatic heterocycles. The first kappa shape index (κ1) is 14.9.